The Morgan fingerprint density at radius 3 is 3.06 bits per heavy atom. The first-order chi connectivity index (χ1) is 8.76. The summed E-state index contributed by atoms with van der Waals surface area (Å²) in [6.07, 6.45) is 5.13. The lowest BCUT2D eigenvalue weighted by molar-refractivity contribution is 0.0562. The van der Waals surface area contributed by atoms with Crippen LogP contribution in [0.15, 0.2) is 16.7 Å². The summed E-state index contributed by atoms with van der Waals surface area (Å²) in [6, 6.07) is 2.13. The minimum absolute atomic E-state index is 0.262. The normalized spacial score (nSPS) is 23.2. The predicted octanol–water partition coefficient (Wildman–Crippen LogP) is 1.72. The standard InChI is InChI=1S/C13H19NO4/c1-16-11-5-3-4-10(11)14-8-9-6-7-18-12(9)13(15)17-2/h6-7,10-11,14H,3-5,8H2,1-2H3. The summed E-state index contributed by atoms with van der Waals surface area (Å²) in [7, 11) is 3.09. The second-order valence-electron chi connectivity index (χ2n) is 4.46. The zero-order valence-electron chi connectivity index (χ0n) is 10.8. The zero-order valence-corrected chi connectivity index (χ0v) is 10.8. The topological polar surface area (TPSA) is 60.7 Å². The SMILES string of the molecule is COC(=O)c1occc1CNC1CCCC1OC. The molecule has 0 spiro atoms. The van der Waals surface area contributed by atoms with E-state index in [0.717, 1.165) is 18.4 Å². The van der Waals surface area contributed by atoms with Gasteiger partial charge in [-0.05, 0) is 25.3 Å². The van der Waals surface area contributed by atoms with Gasteiger partial charge in [-0.15, -0.1) is 0 Å². The van der Waals surface area contributed by atoms with Crippen LogP contribution < -0.4 is 5.32 Å². The molecule has 5 nitrogen and oxygen atoms in total. The van der Waals surface area contributed by atoms with Gasteiger partial charge in [-0.1, -0.05) is 0 Å². The number of carbonyl (C=O) groups excluding carboxylic acids is 1. The Kier molecular flexibility index (Phi) is 4.38. The molecule has 5 heteroatoms. The number of rotatable bonds is 5. The average Bonchev–Trinajstić information content (AvgIpc) is 3.03. The first-order valence-electron chi connectivity index (χ1n) is 6.17. The van der Waals surface area contributed by atoms with Crippen molar-refractivity contribution in [3.05, 3.63) is 23.7 Å². The molecule has 18 heavy (non-hydrogen) atoms. The van der Waals surface area contributed by atoms with E-state index in [0.29, 0.717) is 12.6 Å². The Bertz CT molecular complexity index is 401. The van der Waals surface area contributed by atoms with Crippen LogP contribution in [0.3, 0.4) is 0 Å². The van der Waals surface area contributed by atoms with Crippen molar-refractivity contribution in [3.63, 3.8) is 0 Å². The number of nitrogens with one attached hydrogen (secondary N) is 1. The quantitative estimate of drug-likeness (QED) is 0.810. The van der Waals surface area contributed by atoms with E-state index in [9.17, 15) is 4.79 Å². The third-order valence-corrected chi connectivity index (χ3v) is 3.43. The molecule has 1 aromatic heterocycles. The highest BCUT2D eigenvalue weighted by atomic mass is 16.5. The molecule has 2 rings (SSSR count). The fourth-order valence-corrected chi connectivity index (χ4v) is 2.43. The molecule has 1 N–H and O–H groups in total. The fraction of sp³-hybridized carbons (Fsp3) is 0.615. The van der Waals surface area contributed by atoms with Crippen molar-refractivity contribution in [2.75, 3.05) is 14.2 Å². The van der Waals surface area contributed by atoms with Gasteiger partial charge in [0.05, 0.1) is 19.5 Å². The zero-order chi connectivity index (χ0) is 13.0. The molecule has 0 amide bonds. The molecule has 1 saturated carbocycles. The van der Waals surface area contributed by atoms with E-state index in [2.05, 4.69) is 10.1 Å². The molecular formula is C13H19NO4. The summed E-state index contributed by atoms with van der Waals surface area (Å²) < 4.78 is 15.2. The van der Waals surface area contributed by atoms with Crippen LogP contribution in [0, 0.1) is 0 Å². The van der Waals surface area contributed by atoms with E-state index >= 15 is 0 Å². The van der Waals surface area contributed by atoms with Gasteiger partial charge in [-0.3, -0.25) is 0 Å². The number of hydrogen-bond donors (Lipinski definition) is 1. The van der Waals surface area contributed by atoms with Gasteiger partial charge in [0.25, 0.3) is 0 Å². The van der Waals surface area contributed by atoms with Gasteiger partial charge < -0.3 is 19.2 Å². The first-order valence-corrected chi connectivity index (χ1v) is 6.17. The van der Waals surface area contributed by atoms with E-state index < -0.39 is 5.97 Å². The molecule has 1 aromatic rings. The monoisotopic (exact) mass is 253 g/mol. The summed E-state index contributed by atoms with van der Waals surface area (Å²) in [5, 5.41) is 3.41. The third-order valence-electron chi connectivity index (χ3n) is 3.43. The van der Waals surface area contributed by atoms with Crippen molar-refractivity contribution >= 4 is 5.97 Å². The minimum atomic E-state index is -0.438. The molecule has 1 fully saturated rings. The van der Waals surface area contributed by atoms with Crippen LogP contribution in [-0.2, 0) is 16.0 Å². The maximum atomic E-state index is 11.4. The molecule has 0 aromatic carbocycles. The number of ether oxygens (including phenoxy) is 2. The van der Waals surface area contributed by atoms with Crippen molar-refractivity contribution in [3.8, 4) is 0 Å². The summed E-state index contributed by atoms with van der Waals surface area (Å²) in [5.41, 5.74) is 0.823. The largest absolute Gasteiger partial charge is 0.463 e. The maximum absolute atomic E-state index is 11.4. The highest BCUT2D eigenvalue weighted by Gasteiger charge is 2.27. The first kappa shape index (κ1) is 13.1. The lowest BCUT2D eigenvalue weighted by Crippen LogP contribution is -2.36. The van der Waals surface area contributed by atoms with E-state index in [4.69, 9.17) is 9.15 Å². The molecule has 1 aliphatic carbocycles. The van der Waals surface area contributed by atoms with Crippen LogP contribution in [0.25, 0.3) is 0 Å². The molecule has 0 saturated heterocycles. The Labute approximate surface area is 106 Å². The second-order valence-corrected chi connectivity index (χ2v) is 4.46. The summed E-state index contributed by atoms with van der Waals surface area (Å²) in [4.78, 5) is 11.4. The molecular weight excluding hydrogens is 234 g/mol. The Morgan fingerprint density at radius 2 is 2.33 bits per heavy atom. The Hall–Kier alpha value is -1.33. The second kappa shape index (κ2) is 6.02. The predicted molar refractivity (Wildman–Crippen MR) is 65.3 cm³/mol. The number of hydrogen-bond acceptors (Lipinski definition) is 5. The van der Waals surface area contributed by atoms with Gasteiger partial charge in [-0.2, -0.15) is 0 Å². The fourth-order valence-electron chi connectivity index (χ4n) is 2.43. The van der Waals surface area contributed by atoms with Gasteiger partial charge in [0.15, 0.2) is 0 Å². The summed E-state index contributed by atoms with van der Waals surface area (Å²) in [5.74, 6) is -0.163. The minimum Gasteiger partial charge on any atom is -0.463 e. The van der Waals surface area contributed by atoms with Crippen LogP contribution in [0.2, 0.25) is 0 Å². The van der Waals surface area contributed by atoms with Crippen LogP contribution in [0.4, 0.5) is 0 Å². The van der Waals surface area contributed by atoms with Crippen LogP contribution in [-0.4, -0.2) is 32.3 Å². The van der Waals surface area contributed by atoms with Crippen molar-refractivity contribution in [1.29, 1.82) is 0 Å². The molecule has 1 aliphatic rings. The number of esters is 1. The van der Waals surface area contributed by atoms with Crippen molar-refractivity contribution in [2.24, 2.45) is 0 Å². The van der Waals surface area contributed by atoms with E-state index in [1.807, 2.05) is 0 Å². The summed E-state index contributed by atoms with van der Waals surface area (Å²) in [6.45, 7) is 0.589. The molecule has 1 heterocycles. The number of furan rings is 1. The van der Waals surface area contributed by atoms with E-state index in [1.165, 1.54) is 19.8 Å². The summed E-state index contributed by atoms with van der Waals surface area (Å²) >= 11 is 0. The molecule has 0 bridgehead atoms. The van der Waals surface area contributed by atoms with E-state index in [1.54, 1.807) is 13.2 Å². The van der Waals surface area contributed by atoms with Crippen LogP contribution in [0.1, 0.15) is 35.4 Å². The van der Waals surface area contributed by atoms with Gasteiger partial charge in [0.2, 0.25) is 5.76 Å². The van der Waals surface area contributed by atoms with E-state index in [-0.39, 0.29) is 11.9 Å². The van der Waals surface area contributed by atoms with Gasteiger partial charge >= 0.3 is 5.97 Å². The number of carbonyl (C=O) groups is 1. The average molecular weight is 253 g/mol. The van der Waals surface area contributed by atoms with Crippen LogP contribution in [0.5, 0.6) is 0 Å². The third kappa shape index (κ3) is 2.73. The molecule has 100 valence electrons. The highest BCUT2D eigenvalue weighted by Crippen LogP contribution is 2.22. The Balaban J connectivity index is 1.94. The molecule has 0 aliphatic heterocycles. The van der Waals surface area contributed by atoms with Crippen molar-refractivity contribution < 1.29 is 18.7 Å². The highest BCUT2D eigenvalue weighted by molar-refractivity contribution is 5.87. The van der Waals surface area contributed by atoms with Crippen LogP contribution >= 0.6 is 0 Å². The lowest BCUT2D eigenvalue weighted by atomic mass is 10.2. The Morgan fingerprint density at radius 1 is 1.50 bits per heavy atom. The molecule has 0 radical (unpaired) electrons. The molecule has 2 atom stereocenters. The smallest absolute Gasteiger partial charge is 0.374 e. The maximum Gasteiger partial charge on any atom is 0.374 e. The van der Waals surface area contributed by atoms with Crippen molar-refractivity contribution in [1.82, 2.24) is 5.32 Å². The number of methoxy groups -OCH3 is 2. The van der Waals surface area contributed by atoms with Gasteiger partial charge in [0, 0.05) is 25.3 Å². The van der Waals surface area contributed by atoms with Crippen molar-refractivity contribution in [2.45, 2.75) is 38.0 Å². The molecule has 2 unspecified atom stereocenters. The lowest BCUT2D eigenvalue weighted by Gasteiger charge is -2.19. The van der Waals surface area contributed by atoms with Gasteiger partial charge in [-0.25, -0.2) is 4.79 Å². The van der Waals surface area contributed by atoms with Gasteiger partial charge in [0.1, 0.15) is 0 Å².